The van der Waals surface area contributed by atoms with Crippen LogP contribution in [0.5, 0.6) is 0 Å². The van der Waals surface area contributed by atoms with Crippen molar-refractivity contribution >= 4 is 10.8 Å². The SMILES string of the molecule is CC(C)CCc1ccc2ccccc2c1. The maximum absolute atomic E-state index is 2.32. The van der Waals surface area contributed by atoms with Crippen molar-refractivity contribution in [3.8, 4) is 0 Å². The van der Waals surface area contributed by atoms with Crippen LogP contribution in [0.3, 0.4) is 0 Å². The van der Waals surface area contributed by atoms with Crippen LogP contribution in [0, 0.1) is 5.92 Å². The highest BCUT2D eigenvalue weighted by molar-refractivity contribution is 5.82. The summed E-state index contributed by atoms with van der Waals surface area (Å²) >= 11 is 0. The predicted octanol–water partition coefficient (Wildman–Crippen LogP) is 4.43. The van der Waals surface area contributed by atoms with E-state index in [1.807, 2.05) is 0 Å². The number of hydrogen-bond acceptors (Lipinski definition) is 0. The van der Waals surface area contributed by atoms with E-state index in [1.165, 1.54) is 29.2 Å². The van der Waals surface area contributed by atoms with Crippen molar-refractivity contribution in [3.05, 3.63) is 48.0 Å². The Balaban J connectivity index is 2.23. The van der Waals surface area contributed by atoms with Crippen molar-refractivity contribution in [3.63, 3.8) is 0 Å². The molecule has 0 saturated heterocycles. The molecule has 0 aromatic heterocycles. The van der Waals surface area contributed by atoms with Crippen LogP contribution in [0.2, 0.25) is 0 Å². The summed E-state index contributed by atoms with van der Waals surface area (Å²) in [5, 5.41) is 2.70. The summed E-state index contributed by atoms with van der Waals surface area (Å²) < 4.78 is 0. The third-order valence-electron chi connectivity index (χ3n) is 2.82. The normalized spacial score (nSPS) is 11.1. The zero-order valence-corrected chi connectivity index (χ0v) is 9.53. The smallest absolute Gasteiger partial charge is 0.0181 e. The highest BCUT2D eigenvalue weighted by Crippen LogP contribution is 2.17. The molecule has 0 nitrogen and oxygen atoms in total. The summed E-state index contributed by atoms with van der Waals surface area (Å²) in [5.41, 5.74) is 1.46. The molecular formula is C15H18. The van der Waals surface area contributed by atoms with Gasteiger partial charge in [-0.2, -0.15) is 0 Å². The summed E-state index contributed by atoms with van der Waals surface area (Å²) in [7, 11) is 0. The van der Waals surface area contributed by atoms with E-state index in [-0.39, 0.29) is 0 Å². The molecule has 0 bridgehead atoms. The van der Waals surface area contributed by atoms with E-state index in [4.69, 9.17) is 0 Å². The fourth-order valence-electron chi connectivity index (χ4n) is 1.85. The maximum atomic E-state index is 2.32. The first-order valence-electron chi connectivity index (χ1n) is 5.73. The second-order valence-corrected chi connectivity index (χ2v) is 4.61. The molecule has 0 heteroatoms. The number of aryl methyl sites for hydroxylation is 1. The Morgan fingerprint density at radius 3 is 2.40 bits per heavy atom. The first kappa shape index (κ1) is 10.2. The quantitative estimate of drug-likeness (QED) is 0.684. The number of fused-ring (bicyclic) bond motifs is 1. The van der Waals surface area contributed by atoms with Crippen molar-refractivity contribution in [2.45, 2.75) is 26.7 Å². The molecule has 2 aromatic carbocycles. The third kappa shape index (κ3) is 2.59. The van der Waals surface area contributed by atoms with Gasteiger partial charge in [-0.05, 0) is 35.1 Å². The van der Waals surface area contributed by atoms with Crippen LogP contribution in [0.1, 0.15) is 25.8 Å². The molecular weight excluding hydrogens is 180 g/mol. The van der Waals surface area contributed by atoms with Crippen LogP contribution >= 0.6 is 0 Å². The van der Waals surface area contributed by atoms with Gasteiger partial charge in [0.25, 0.3) is 0 Å². The van der Waals surface area contributed by atoms with Gasteiger partial charge in [-0.15, -0.1) is 0 Å². The lowest BCUT2D eigenvalue weighted by molar-refractivity contribution is 0.587. The minimum atomic E-state index is 0.788. The van der Waals surface area contributed by atoms with E-state index < -0.39 is 0 Å². The highest BCUT2D eigenvalue weighted by Gasteiger charge is 1.98. The van der Waals surface area contributed by atoms with Crippen LogP contribution in [0.15, 0.2) is 42.5 Å². The Labute approximate surface area is 91.9 Å². The van der Waals surface area contributed by atoms with Crippen molar-refractivity contribution in [2.24, 2.45) is 5.92 Å². The van der Waals surface area contributed by atoms with Gasteiger partial charge in [-0.25, -0.2) is 0 Å². The van der Waals surface area contributed by atoms with Crippen LogP contribution in [-0.4, -0.2) is 0 Å². The monoisotopic (exact) mass is 198 g/mol. The van der Waals surface area contributed by atoms with Crippen molar-refractivity contribution in [1.82, 2.24) is 0 Å². The zero-order chi connectivity index (χ0) is 10.7. The standard InChI is InChI=1S/C15H18/c1-12(2)7-8-13-9-10-14-5-3-4-6-15(14)11-13/h3-6,9-12H,7-8H2,1-2H3. The largest absolute Gasteiger partial charge is 0.0628 e. The molecule has 0 N–H and O–H groups in total. The molecule has 0 radical (unpaired) electrons. The van der Waals surface area contributed by atoms with Crippen LogP contribution in [0.4, 0.5) is 0 Å². The minimum absolute atomic E-state index is 0.788. The van der Waals surface area contributed by atoms with Gasteiger partial charge in [0.1, 0.15) is 0 Å². The lowest BCUT2D eigenvalue weighted by Gasteiger charge is -2.06. The molecule has 0 aliphatic heterocycles. The van der Waals surface area contributed by atoms with Gasteiger partial charge in [-0.3, -0.25) is 0 Å². The van der Waals surface area contributed by atoms with Crippen LogP contribution < -0.4 is 0 Å². The summed E-state index contributed by atoms with van der Waals surface area (Å²) in [5.74, 6) is 0.788. The van der Waals surface area contributed by atoms with Crippen LogP contribution in [0.25, 0.3) is 10.8 Å². The summed E-state index contributed by atoms with van der Waals surface area (Å²) in [6, 6.07) is 15.4. The molecule has 0 unspecified atom stereocenters. The number of hydrogen-bond donors (Lipinski definition) is 0. The van der Waals surface area contributed by atoms with Gasteiger partial charge in [0, 0.05) is 0 Å². The first-order valence-corrected chi connectivity index (χ1v) is 5.73. The van der Waals surface area contributed by atoms with Gasteiger partial charge < -0.3 is 0 Å². The van der Waals surface area contributed by atoms with Crippen molar-refractivity contribution in [1.29, 1.82) is 0 Å². The van der Waals surface area contributed by atoms with E-state index in [2.05, 4.69) is 56.3 Å². The molecule has 0 aliphatic rings. The molecule has 0 saturated carbocycles. The average Bonchev–Trinajstić information content (AvgIpc) is 2.26. The Bertz CT molecular complexity index is 440. The van der Waals surface area contributed by atoms with Crippen molar-refractivity contribution < 1.29 is 0 Å². The molecule has 0 amide bonds. The minimum Gasteiger partial charge on any atom is -0.0628 e. The molecule has 0 aliphatic carbocycles. The fourth-order valence-corrected chi connectivity index (χ4v) is 1.85. The first-order chi connectivity index (χ1) is 7.25. The van der Waals surface area contributed by atoms with Gasteiger partial charge in [0.2, 0.25) is 0 Å². The molecule has 2 aromatic rings. The van der Waals surface area contributed by atoms with Gasteiger partial charge in [-0.1, -0.05) is 56.3 Å². The van der Waals surface area contributed by atoms with E-state index >= 15 is 0 Å². The summed E-state index contributed by atoms with van der Waals surface area (Å²) in [6.07, 6.45) is 2.47. The van der Waals surface area contributed by atoms with E-state index in [1.54, 1.807) is 0 Å². The Hall–Kier alpha value is -1.30. The van der Waals surface area contributed by atoms with Gasteiger partial charge >= 0.3 is 0 Å². The maximum Gasteiger partial charge on any atom is -0.0181 e. The molecule has 0 spiro atoms. The average molecular weight is 198 g/mol. The predicted molar refractivity (Wildman–Crippen MR) is 67.1 cm³/mol. The number of benzene rings is 2. The topological polar surface area (TPSA) is 0 Å². The lowest BCUT2D eigenvalue weighted by atomic mass is 10.00. The zero-order valence-electron chi connectivity index (χ0n) is 9.53. The molecule has 0 atom stereocenters. The van der Waals surface area contributed by atoms with Crippen molar-refractivity contribution in [2.75, 3.05) is 0 Å². The Morgan fingerprint density at radius 1 is 0.933 bits per heavy atom. The molecule has 15 heavy (non-hydrogen) atoms. The molecule has 0 fully saturated rings. The van der Waals surface area contributed by atoms with Crippen LogP contribution in [-0.2, 0) is 6.42 Å². The Kier molecular flexibility index (Phi) is 3.05. The van der Waals surface area contributed by atoms with E-state index in [0.717, 1.165) is 5.92 Å². The summed E-state index contributed by atoms with van der Waals surface area (Å²) in [6.45, 7) is 4.56. The van der Waals surface area contributed by atoms with E-state index in [0.29, 0.717) is 0 Å². The third-order valence-corrected chi connectivity index (χ3v) is 2.82. The van der Waals surface area contributed by atoms with Gasteiger partial charge in [0.15, 0.2) is 0 Å². The molecule has 78 valence electrons. The number of rotatable bonds is 3. The fraction of sp³-hybridized carbons (Fsp3) is 0.333. The Morgan fingerprint density at radius 2 is 1.67 bits per heavy atom. The molecule has 0 heterocycles. The molecule has 2 rings (SSSR count). The van der Waals surface area contributed by atoms with E-state index in [9.17, 15) is 0 Å². The summed E-state index contributed by atoms with van der Waals surface area (Å²) in [4.78, 5) is 0. The lowest BCUT2D eigenvalue weighted by Crippen LogP contribution is -1.91. The second kappa shape index (κ2) is 4.48. The highest BCUT2D eigenvalue weighted by atomic mass is 14.0. The van der Waals surface area contributed by atoms with Gasteiger partial charge in [0.05, 0.1) is 0 Å². The second-order valence-electron chi connectivity index (χ2n) is 4.61.